The van der Waals surface area contributed by atoms with Crippen LogP contribution in [0.3, 0.4) is 0 Å². The van der Waals surface area contributed by atoms with Crippen LogP contribution in [0.4, 0.5) is 0 Å². The van der Waals surface area contributed by atoms with E-state index in [4.69, 9.17) is 4.74 Å². The van der Waals surface area contributed by atoms with Crippen LogP contribution in [0.2, 0.25) is 0 Å². The summed E-state index contributed by atoms with van der Waals surface area (Å²) in [7, 11) is 3.54. The molecule has 1 fully saturated rings. The molecule has 28 heavy (non-hydrogen) atoms. The first kappa shape index (κ1) is 24.6. The van der Waals surface area contributed by atoms with E-state index >= 15 is 0 Å². The molecule has 0 aliphatic carbocycles. The largest absolute Gasteiger partial charge is 0.379 e. The van der Waals surface area contributed by atoms with E-state index in [0.717, 1.165) is 76.0 Å². The molecule has 7 nitrogen and oxygen atoms in total. The number of carbonyl (C=O) groups excluding carboxylic acids is 1. The summed E-state index contributed by atoms with van der Waals surface area (Å²) in [5.74, 6) is 0.870. The highest BCUT2D eigenvalue weighted by molar-refractivity contribution is 14.0. The molecular weight excluding hydrogens is 469 g/mol. The molecule has 1 amide bonds. The van der Waals surface area contributed by atoms with Gasteiger partial charge in [-0.15, -0.1) is 24.0 Å². The lowest BCUT2D eigenvalue weighted by atomic mass is 10.1. The molecule has 2 rings (SSSR count). The number of nitrogens with zero attached hydrogens (tertiary/aromatic N) is 3. The molecular formula is C20H34IN5O2. The molecule has 158 valence electrons. The number of nitrogens with one attached hydrogen (secondary N) is 2. The maximum atomic E-state index is 12.1. The van der Waals surface area contributed by atoms with Crippen molar-refractivity contribution in [3.05, 3.63) is 35.4 Å². The van der Waals surface area contributed by atoms with Crippen LogP contribution in [0.5, 0.6) is 0 Å². The van der Waals surface area contributed by atoms with E-state index in [1.807, 2.05) is 18.2 Å². The highest BCUT2D eigenvalue weighted by atomic mass is 127. The monoisotopic (exact) mass is 503 g/mol. The van der Waals surface area contributed by atoms with Crippen LogP contribution >= 0.6 is 24.0 Å². The average molecular weight is 503 g/mol. The Hall–Kier alpha value is -1.39. The fourth-order valence-corrected chi connectivity index (χ4v) is 2.91. The number of aliphatic imine (C=N–C) groups is 1. The molecule has 1 heterocycles. The first-order valence-electron chi connectivity index (χ1n) is 9.73. The van der Waals surface area contributed by atoms with Gasteiger partial charge in [0.1, 0.15) is 0 Å². The first-order chi connectivity index (χ1) is 13.1. The van der Waals surface area contributed by atoms with E-state index in [1.165, 1.54) is 0 Å². The molecule has 2 N–H and O–H groups in total. The van der Waals surface area contributed by atoms with E-state index in [-0.39, 0.29) is 29.9 Å². The van der Waals surface area contributed by atoms with Gasteiger partial charge in [-0.3, -0.25) is 14.7 Å². The molecule has 0 unspecified atom stereocenters. The average Bonchev–Trinajstić information content (AvgIpc) is 2.68. The second-order valence-corrected chi connectivity index (χ2v) is 6.79. The van der Waals surface area contributed by atoms with Crippen molar-refractivity contribution in [2.24, 2.45) is 4.99 Å². The highest BCUT2D eigenvalue weighted by Crippen LogP contribution is 2.07. The standard InChI is InChI=1S/C20H33N5O2.HI/c1-4-21-20(23-10-11-25-12-14-27-15-13-25)22-9-8-17-6-5-7-18(16-17)19(26)24(2)3;/h5-7,16H,4,8-15H2,1-3H3,(H2,21,22,23);1H. The third-order valence-electron chi connectivity index (χ3n) is 4.42. The first-order valence-corrected chi connectivity index (χ1v) is 9.73. The van der Waals surface area contributed by atoms with Crippen molar-refractivity contribution in [2.45, 2.75) is 13.3 Å². The molecule has 0 atom stereocenters. The Morgan fingerprint density at radius 3 is 2.68 bits per heavy atom. The van der Waals surface area contributed by atoms with Crippen molar-refractivity contribution in [2.75, 3.05) is 66.6 Å². The second kappa shape index (κ2) is 13.7. The minimum Gasteiger partial charge on any atom is -0.379 e. The molecule has 1 aromatic rings. The zero-order chi connectivity index (χ0) is 19.5. The molecule has 1 aromatic carbocycles. The fourth-order valence-electron chi connectivity index (χ4n) is 2.91. The number of hydrogen-bond acceptors (Lipinski definition) is 4. The minimum atomic E-state index is 0. The van der Waals surface area contributed by atoms with Gasteiger partial charge in [0.15, 0.2) is 5.96 Å². The quantitative estimate of drug-likeness (QED) is 0.319. The molecule has 0 radical (unpaired) electrons. The third-order valence-corrected chi connectivity index (χ3v) is 4.42. The predicted octanol–water partition coefficient (Wildman–Crippen LogP) is 1.44. The predicted molar refractivity (Wildman–Crippen MR) is 125 cm³/mol. The molecule has 1 aliphatic heterocycles. The van der Waals surface area contributed by atoms with Gasteiger partial charge in [-0.05, 0) is 31.0 Å². The van der Waals surface area contributed by atoms with Crippen molar-refractivity contribution < 1.29 is 9.53 Å². The van der Waals surface area contributed by atoms with Gasteiger partial charge in [0.05, 0.1) is 19.8 Å². The second-order valence-electron chi connectivity index (χ2n) is 6.79. The molecule has 0 aromatic heterocycles. The molecule has 0 bridgehead atoms. The Balaban J connectivity index is 0.00000392. The maximum Gasteiger partial charge on any atom is 0.253 e. The summed E-state index contributed by atoms with van der Waals surface area (Å²) in [6.07, 6.45) is 0.836. The number of carbonyl (C=O) groups is 1. The SMILES string of the molecule is CCNC(=NCCN1CCOCC1)NCCc1cccc(C(=O)N(C)C)c1.I. The number of morpholine rings is 1. The summed E-state index contributed by atoms with van der Waals surface area (Å²) in [6, 6.07) is 7.81. The van der Waals surface area contributed by atoms with Gasteiger partial charge in [0.25, 0.3) is 5.91 Å². The summed E-state index contributed by atoms with van der Waals surface area (Å²) in [5.41, 5.74) is 1.86. The van der Waals surface area contributed by atoms with Gasteiger partial charge in [0.2, 0.25) is 0 Å². The minimum absolute atomic E-state index is 0. The zero-order valence-corrected chi connectivity index (χ0v) is 19.6. The van der Waals surface area contributed by atoms with E-state index < -0.39 is 0 Å². The van der Waals surface area contributed by atoms with Crippen LogP contribution in [-0.2, 0) is 11.2 Å². The summed E-state index contributed by atoms with van der Waals surface area (Å²) in [6.45, 7) is 8.99. The highest BCUT2D eigenvalue weighted by Gasteiger charge is 2.10. The number of ether oxygens (including phenoxy) is 1. The molecule has 1 aliphatic rings. The Morgan fingerprint density at radius 2 is 2.00 bits per heavy atom. The lowest BCUT2D eigenvalue weighted by Gasteiger charge is -2.25. The summed E-state index contributed by atoms with van der Waals surface area (Å²) < 4.78 is 5.37. The number of halogens is 1. The maximum absolute atomic E-state index is 12.1. The van der Waals surface area contributed by atoms with Crippen LogP contribution in [-0.4, -0.2) is 88.2 Å². The van der Waals surface area contributed by atoms with Crippen molar-refractivity contribution in [3.8, 4) is 0 Å². The lowest BCUT2D eigenvalue weighted by Crippen LogP contribution is -2.40. The molecule has 1 saturated heterocycles. The van der Waals surface area contributed by atoms with E-state index in [9.17, 15) is 4.79 Å². The topological polar surface area (TPSA) is 69.2 Å². The van der Waals surface area contributed by atoms with Crippen LogP contribution in [0.25, 0.3) is 0 Å². The number of amides is 1. The van der Waals surface area contributed by atoms with Crippen molar-refractivity contribution in [1.82, 2.24) is 20.4 Å². The summed E-state index contributed by atoms with van der Waals surface area (Å²) in [4.78, 5) is 20.7. The number of hydrogen-bond donors (Lipinski definition) is 2. The van der Waals surface area contributed by atoms with E-state index in [0.29, 0.717) is 0 Å². The van der Waals surface area contributed by atoms with Crippen molar-refractivity contribution in [3.63, 3.8) is 0 Å². The van der Waals surface area contributed by atoms with E-state index in [2.05, 4.69) is 33.5 Å². The number of rotatable bonds is 8. The molecule has 8 heteroatoms. The van der Waals surface area contributed by atoms with Gasteiger partial charge in [-0.1, -0.05) is 12.1 Å². The number of benzene rings is 1. The van der Waals surface area contributed by atoms with Gasteiger partial charge >= 0.3 is 0 Å². The molecule has 0 saturated carbocycles. The van der Waals surface area contributed by atoms with Crippen LogP contribution in [0, 0.1) is 0 Å². The fraction of sp³-hybridized carbons (Fsp3) is 0.600. The van der Waals surface area contributed by atoms with Gasteiger partial charge < -0.3 is 20.3 Å². The van der Waals surface area contributed by atoms with E-state index in [1.54, 1.807) is 19.0 Å². The molecule has 0 spiro atoms. The summed E-state index contributed by atoms with van der Waals surface area (Å²) >= 11 is 0. The van der Waals surface area contributed by atoms with Crippen molar-refractivity contribution in [1.29, 1.82) is 0 Å². The smallest absolute Gasteiger partial charge is 0.253 e. The normalized spacial score (nSPS) is 14.9. The lowest BCUT2D eigenvalue weighted by molar-refractivity contribution is 0.0394. The Morgan fingerprint density at radius 1 is 1.25 bits per heavy atom. The Labute approximate surface area is 185 Å². The third kappa shape index (κ3) is 8.74. The van der Waals surface area contributed by atoms with Crippen LogP contribution in [0.1, 0.15) is 22.8 Å². The zero-order valence-electron chi connectivity index (χ0n) is 17.2. The summed E-state index contributed by atoms with van der Waals surface area (Å²) in [5, 5.41) is 6.66. The van der Waals surface area contributed by atoms with Gasteiger partial charge in [0, 0.05) is 52.4 Å². The Kier molecular flexibility index (Phi) is 12.1. The number of guanidine groups is 1. The van der Waals surface area contributed by atoms with Crippen LogP contribution < -0.4 is 10.6 Å². The van der Waals surface area contributed by atoms with Crippen LogP contribution in [0.15, 0.2) is 29.3 Å². The van der Waals surface area contributed by atoms with Gasteiger partial charge in [-0.25, -0.2) is 0 Å². The van der Waals surface area contributed by atoms with Gasteiger partial charge in [-0.2, -0.15) is 0 Å². The Bertz CT molecular complexity index is 618. The van der Waals surface area contributed by atoms with Crippen molar-refractivity contribution >= 4 is 35.8 Å².